The zero-order valence-electron chi connectivity index (χ0n) is 30.0. The lowest BCUT2D eigenvalue weighted by Gasteiger charge is -2.22. The van der Waals surface area contributed by atoms with Crippen molar-refractivity contribution in [2.75, 3.05) is 5.75 Å². The summed E-state index contributed by atoms with van der Waals surface area (Å²) in [6, 6.07) is -1.26. The Kier molecular flexibility index (Phi) is 31.6. The van der Waals surface area contributed by atoms with Crippen LogP contribution in [-0.4, -0.2) is 53.1 Å². The van der Waals surface area contributed by atoms with Gasteiger partial charge < -0.3 is 15.5 Å². The van der Waals surface area contributed by atoms with Gasteiger partial charge in [-0.3, -0.25) is 9.35 Å². The summed E-state index contributed by atoms with van der Waals surface area (Å²) in [5, 5.41) is 23.2. The van der Waals surface area contributed by atoms with Crippen molar-refractivity contribution in [3.05, 3.63) is 48.6 Å². The van der Waals surface area contributed by atoms with Crippen LogP contribution in [-0.2, 0) is 14.9 Å². The first-order chi connectivity index (χ1) is 22.7. The minimum absolute atomic E-state index is 0.263. The van der Waals surface area contributed by atoms with Crippen LogP contribution in [0.1, 0.15) is 168 Å². The topological polar surface area (TPSA) is 124 Å². The van der Waals surface area contributed by atoms with Gasteiger partial charge in [-0.05, 0) is 64.2 Å². The fourth-order valence-electron chi connectivity index (χ4n) is 5.43. The molecule has 0 aromatic carbocycles. The molecule has 0 fully saturated rings. The minimum Gasteiger partial charge on any atom is -0.387 e. The molecule has 0 aliphatic rings. The van der Waals surface area contributed by atoms with Crippen LogP contribution in [0.3, 0.4) is 0 Å². The summed E-state index contributed by atoms with van der Waals surface area (Å²) in [6.45, 7) is 4.37. The molecule has 47 heavy (non-hydrogen) atoms. The van der Waals surface area contributed by atoms with Crippen molar-refractivity contribution in [2.45, 2.75) is 186 Å². The van der Waals surface area contributed by atoms with E-state index >= 15 is 0 Å². The molecule has 0 aromatic heterocycles. The summed E-state index contributed by atoms with van der Waals surface area (Å²) in [5.41, 5.74) is 0. The standard InChI is InChI=1S/C39H71NO6S/c1-3-5-7-9-11-13-15-16-17-18-19-20-21-22-23-24-26-28-30-32-34-38(42)39(43)40-36(35-47(44,45)46)37(41)33-31-29-27-25-14-12-10-8-6-4-2/h6,8,14,20-21,25,31,33,36-38,41-42H,3-5,7,9-13,15-19,22-24,26-30,32,34-35H2,1-2H3,(H,40,43)(H,44,45,46)/b8-6+,21-20-,25-14+,33-31+. The molecule has 3 unspecified atom stereocenters. The van der Waals surface area contributed by atoms with Crippen LogP contribution < -0.4 is 5.32 Å². The normalized spacial score (nSPS) is 14.6. The Morgan fingerprint density at radius 2 is 1.02 bits per heavy atom. The number of hydrogen-bond donors (Lipinski definition) is 4. The van der Waals surface area contributed by atoms with Crippen molar-refractivity contribution in [1.29, 1.82) is 0 Å². The van der Waals surface area contributed by atoms with Gasteiger partial charge in [0.25, 0.3) is 10.1 Å². The van der Waals surface area contributed by atoms with Gasteiger partial charge in [0.1, 0.15) is 6.10 Å². The van der Waals surface area contributed by atoms with Crippen LogP contribution in [0.4, 0.5) is 0 Å². The number of carbonyl (C=O) groups is 1. The van der Waals surface area contributed by atoms with Crippen LogP contribution >= 0.6 is 0 Å². The highest BCUT2D eigenvalue weighted by Crippen LogP contribution is 2.13. The number of carbonyl (C=O) groups excluding carboxylic acids is 1. The first kappa shape index (κ1) is 45.3. The molecule has 1 amide bonds. The monoisotopic (exact) mass is 682 g/mol. The molecule has 0 rings (SSSR count). The first-order valence-corrected chi connectivity index (χ1v) is 20.6. The lowest BCUT2D eigenvalue weighted by atomic mass is 10.0. The molecule has 8 heteroatoms. The molecule has 4 N–H and O–H groups in total. The Hall–Kier alpha value is -1.74. The van der Waals surface area contributed by atoms with E-state index in [-0.39, 0.29) is 6.42 Å². The van der Waals surface area contributed by atoms with Crippen molar-refractivity contribution >= 4 is 16.0 Å². The maximum absolute atomic E-state index is 12.5. The number of nitrogens with one attached hydrogen (secondary N) is 1. The van der Waals surface area contributed by atoms with E-state index in [1.165, 1.54) is 89.5 Å². The van der Waals surface area contributed by atoms with Gasteiger partial charge in [0.05, 0.1) is 17.9 Å². The van der Waals surface area contributed by atoms with E-state index in [2.05, 4.69) is 55.6 Å². The molecule has 0 aromatic rings. The highest BCUT2D eigenvalue weighted by Gasteiger charge is 2.27. The Labute approximate surface area is 289 Å². The van der Waals surface area contributed by atoms with Crippen molar-refractivity contribution < 1.29 is 28.0 Å². The van der Waals surface area contributed by atoms with Gasteiger partial charge in [-0.15, -0.1) is 0 Å². The Bertz CT molecular complexity index is 943. The fraction of sp³-hybridized carbons (Fsp3) is 0.769. The first-order valence-electron chi connectivity index (χ1n) is 18.9. The molecule has 0 saturated heterocycles. The highest BCUT2D eigenvalue weighted by atomic mass is 32.2. The lowest BCUT2D eigenvalue weighted by Crippen LogP contribution is -2.50. The second-order valence-corrected chi connectivity index (χ2v) is 14.4. The van der Waals surface area contributed by atoms with Gasteiger partial charge in [0.15, 0.2) is 0 Å². The molecule has 0 heterocycles. The largest absolute Gasteiger partial charge is 0.387 e. The van der Waals surface area contributed by atoms with E-state index < -0.39 is 40.0 Å². The summed E-state index contributed by atoms with van der Waals surface area (Å²) < 4.78 is 32.3. The predicted molar refractivity (Wildman–Crippen MR) is 199 cm³/mol. The van der Waals surface area contributed by atoms with Crippen LogP contribution in [0.25, 0.3) is 0 Å². The third kappa shape index (κ3) is 32.6. The third-order valence-electron chi connectivity index (χ3n) is 8.32. The zero-order valence-corrected chi connectivity index (χ0v) is 30.8. The van der Waals surface area contributed by atoms with Crippen LogP contribution in [0, 0.1) is 0 Å². The number of aliphatic hydroxyl groups is 2. The Morgan fingerprint density at radius 1 is 0.596 bits per heavy atom. The molecule has 0 bridgehead atoms. The van der Waals surface area contributed by atoms with Gasteiger partial charge in [0.2, 0.25) is 5.91 Å². The van der Waals surface area contributed by atoms with Gasteiger partial charge >= 0.3 is 0 Å². The summed E-state index contributed by atoms with van der Waals surface area (Å²) in [5.74, 6) is -1.58. The van der Waals surface area contributed by atoms with Crippen molar-refractivity contribution in [1.82, 2.24) is 5.32 Å². The molecule has 274 valence electrons. The van der Waals surface area contributed by atoms with Crippen molar-refractivity contribution in [3.8, 4) is 0 Å². The van der Waals surface area contributed by atoms with E-state index in [1.54, 1.807) is 6.08 Å². The molecule has 3 atom stereocenters. The van der Waals surface area contributed by atoms with E-state index in [0.717, 1.165) is 51.4 Å². The summed E-state index contributed by atoms with van der Waals surface area (Å²) in [7, 11) is -4.45. The van der Waals surface area contributed by atoms with Crippen molar-refractivity contribution in [3.63, 3.8) is 0 Å². The van der Waals surface area contributed by atoms with Crippen LogP contribution in [0.15, 0.2) is 48.6 Å². The maximum Gasteiger partial charge on any atom is 0.267 e. The lowest BCUT2D eigenvalue weighted by molar-refractivity contribution is -0.130. The van der Waals surface area contributed by atoms with Crippen LogP contribution in [0.5, 0.6) is 0 Å². The molecule has 0 spiro atoms. The number of aliphatic hydroxyl groups excluding tert-OH is 2. The summed E-state index contributed by atoms with van der Waals surface area (Å²) in [6.07, 6.45) is 40.4. The minimum atomic E-state index is -4.45. The highest BCUT2D eigenvalue weighted by molar-refractivity contribution is 7.85. The predicted octanol–water partition coefficient (Wildman–Crippen LogP) is 9.71. The maximum atomic E-state index is 12.5. The molecule has 0 aliphatic carbocycles. The van der Waals surface area contributed by atoms with Gasteiger partial charge in [-0.2, -0.15) is 8.42 Å². The molecule has 0 aliphatic heterocycles. The van der Waals surface area contributed by atoms with Crippen LogP contribution in [0.2, 0.25) is 0 Å². The van der Waals surface area contributed by atoms with Gasteiger partial charge in [0, 0.05) is 0 Å². The van der Waals surface area contributed by atoms with E-state index in [0.29, 0.717) is 12.8 Å². The number of amides is 1. The fourth-order valence-corrected chi connectivity index (χ4v) is 6.16. The second kappa shape index (κ2) is 32.8. The smallest absolute Gasteiger partial charge is 0.267 e. The van der Waals surface area contributed by atoms with E-state index in [4.69, 9.17) is 0 Å². The van der Waals surface area contributed by atoms with Crippen molar-refractivity contribution in [2.24, 2.45) is 0 Å². The Balaban J connectivity index is 4.04. The van der Waals surface area contributed by atoms with E-state index in [1.807, 2.05) is 0 Å². The van der Waals surface area contributed by atoms with Gasteiger partial charge in [-0.25, -0.2) is 0 Å². The number of unbranched alkanes of at least 4 members (excludes halogenated alkanes) is 18. The average molecular weight is 682 g/mol. The van der Waals surface area contributed by atoms with E-state index in [9.17, 15) is 28.0 Å². The third-order valence-corrected chi connectivity index (χ3v) is 9.10. The molecule has 7 nitrogen and oxygen atoms in total. The summed E-state index contributed by atoms with van der Waals surface area (Å²) >= 11 is 0. The average Bonchev–Trinajstić information content (AvgIpc) is 3.03. The molecule has 0 radical (unpaired) electrons. The summed E-state index contributed by atoms with van der Waals surface area (Å²) in [4.78, 5) is 12.5. The molecular weight excluding hydrogens is 610 g/mol. The molecular formula is C39H71NO6S. The number of hydrogen-bond acceptors (Lipinski definition) is 5. The quantitative estimate of drug-likeness (QED) is 0.0311. The zero-order chi connectivity index (χ0) is 34.9. The Morgan fingerprint density at radius 3 is 1.51 bits per heavy atom. The van der Waals surface area contributed by atoms with Gasteiger partial charge in [-0.1, -0.05) is 152 Å². The number of rotatable bonds is 33. The number of allylic oxidation sites excluding steroid dienone is 7. The molecule has 0 saturated carbocycles. The second-order valence-electron chi connectivity index (χ2n) is 12.9. The SMILES string of the molecule is CC/C=C/CC/C=C/CC/C=C/C(O)C(CS(=O)(=O)O)NC(=O)C(O)CCCCCCCC/C=C\CCCCCCCCCCCC.